The van der Waals surface area contributed by atoms with Gasteiger partial charge in [-0.25, -0.2) is 4.79 Å². The van der Waals surface area contributed by atoms with Gasteiger partial charge in [-0.05, 0) is 41.6 Å². The van der Waals surface area contributed by atoms with Gasteiger partial charge in [-0.3, -0.25) is 0 Å². The molecular formula is C11H7F3INO3. The maximum atomic E-state index is 12.3. The fraction of sp³-hybridized carbons (Fsp3) is 0.273. The molecule has 0 aliphatic heterocycles. The summed E-state index contributed by atoms with van der Waals surface area (Å²) in [6, 6.07) is 4.12. The van der Waals surface area contributed by atoms with Gasteiger partial charge in [0.2, 0.25) is 0 Å². The Morgan fingerprint density at radius 2 is 2.11 bits per heavy atom. The Bertz CT molecular complexity index is 537. The van der Waals surface area contributed by atoms with Crippen molar-refractivity contribution in [2.24, 2.45) is 0 Å². The van der Waals surface area contributed by atoms with Crippen LogP contribution in [-0.4, -0.2) is 18.9 Å². The SMILES string of the molecule is CCOC(=O)c1c(C#N)ccc(I)c1OC(F)(F)F. The lowest BCUT2D eigenvalue weighted by molar-refractivity contribution is -0.275. The van der Waals surface area contributed by atoms with E-state index in [4.69, 9.17) is 5.26 Å². The zero-order chi connectivity index (χ0) is 14.6. The highest BCUT2D eigenvalue weighted by Crippen LogP contribution is 2.33. The molecule has 19 heavy (non-hydrogen) atoms. The minimum Gasteiger partial charge on any atom is -0.462 e. The van der Waals surface area contributed by atoms with E-state index in [0.29, 0.717) is 0 Å². The molecule has 4 nitrogen and oxygen atoms in total. The topological polar surface area (TPSA) is 59.3 Å². The van der Waals surface area contributed by atoms with Crippen molar-refractivity contribution in [1.29, 1.82) is 5.26 Å². The number of esters is 1. The van der Waals surface area contributed by atoms with Crippen LogP contribution in [0.4, 0.5) is 13.2 Å². The van der Waals surface area contributed by atoms with Crippen molar-refractivity contribution >= 4 is 28.6 Å². The summed E-state index contributed by atoms with van der Waals surface area (Å²) in [5.74, 6) is -1.75. The van der Waals surface area contributed by atoms with Crippen LogP contribution >= 0.6 is 22.6 Å². The van der Waals surface area contributed by atoms with E-state index in [0.717, 1.165) is 0 Å². The van der Waals surface area contributed by atoms with E-state index < -0.39 is 23.6 Å². The summed E-state index contributed by atoms with van der Waals surface area (Å²) < 4.78 is 45.5. The minimum atomic E-state index is -4.96. The number of ether oxygens (including phenoxy) is 2. The number of benzene rings is 1. The molecule has 102 valence electrons. The molecule has 0 fully saturated rings. The first kappa shape index (κ1) is 15.6. The first-order valence-electron chi connectivity index (χ1n) is 4.95. The van der Waals surface area contributed by atoms with Gasteiger partial charge in [0.05, 0.1) is 15.7 Å². The molecule has 0 aliphatic carbocycles. The third-order valence-electron chi connectivity index (χ3n) is 1.93. The van der Waals surface area contributed by atoms with Crippen molar-refractivity contribution in [3.05, 3.63) is 26.8 Å². The molecule has 1 rings (SSSR count). The van der Waals surface area contributed by atoms with Gasteiger partial charge in [0.1, 0.15) is 11.6 Å². The van der Waals surface area contributed by atoms with Crippen molar-refractivity contribution in [1.82, 2.24) is 0 Å². The quantitative estimate of drug-likeness (QED) is 0.592. The van der Waals surface area contributed by atoms with E-state index in [-0.39, 0.29) is 15.7 Å². The molecule has 0 aromatic heterocycles. The van der Waals surface area contributed by atoms with Crippen LogP contribution in [0.3, 0.4) is 0 Å². The zero-order valence-corrected chi connectivity index (χ0v) is 11.7. The number of hydrogen-bond donors (Lipinski definition) is 0. The average Bonchev–Trinajstić information content (AvgIpc) is 2.30. The predicted molar refractivity (Wildman–Crippen MR) is 66.5 cm³/mol. The predicted octanol–water partition coefficient (Wildman–Crippen LogP) is 3.24. The van der Waals surface area contributed by atoms with Gasteiger partial charge in [0.15, 0.2) is 5.75 Å². The second-order valence-corrected chi connectivity index (χ2v) is 4.34. The molecule has 0 atom stereocenters. The smallest absolute Gasteiger partial charge is 0.462 e. The summed E-state index contributed by atoms with van der Waals surface area (Å²) in [4.78, 5) is 11.7. The second kappa shape index (κ2) is 6.10. The first-order valence-corrected chi connectivity index (χ1v) is 6.03. The Hall–Kier alpha value is -1.50. The highest BCUT2D eigenvalue weighted by Gasteiger charge is 2.35. The van der Waals surface area contributed by atoms with Crippen LogP contribution in [0.2, 0.25) is 0 Å². The van der Waals surface area contributed by atoms with Crippen LogP contribution in [0.15, 0.2) is 12.1 Å². The minimum absolute atomic E-state index is 0.0271. The van der Waals surface area contributed by atoms with Crippen LogP contribution in [0.5, 0.6) is 5.75 Å². The third kappa shape index (κ3) is 3.99. The summed E-state index contributed by atoms with van der Waals surface area (Å²) >= 11 is 1.58. The van der Waals surface area contributed by atoms with Crippen molar-refractivity contribution in [2.75, 3.05) is 6.61 Å². The molecule has 0 radical (unpaired) electrons. The Morgan fingerprint density at radius 1 is 1.47 bits per heavy atom. The molecule has 0 spiro atoms. The van der Waals surface area contributed by atoms with E-state index >= 15 is 0 Å². The lowest BCUT2D eigenvalue weighted by Crippen LogP contribution is -2.21. The summed E-state index contributed by atoms with van der Waals surface area (Å²) in [6.45, 7) is 1.47. The fourth-order valence-corrected chi connectivity index (χ4v) is 1.83. The molecule has 0 bridgehead atoms. The fourth-order valence-electron chi connectivity index (χ4n) is 1.27. The number of nitrogens with zero attached hydrogens (tertiary/aromatic N) is 1. The van der Waals surface area contributed by atoms with E-state index in [2.05, 4.69) is 9.47 Å². The summed E-state index contributed by atoms with van der Waals surface area (Å²) in [5, 5.41) is 8.85. The van der Waals surface area contributed by atoms with Crippen molar-refractivity contribution in [3.63, 3.8) is 0 Å². The number of carbonyl (C=O) groups is 1. The maximum absolute atomic E-state index is 12.3. The standard InChI is InChI=1S/C11H7F3INO3/c1-2-18-10(17)8-6(5-16)3-4-7(15)9(8)19-11(12,13)14/h3-4H,2H2,1H3. The number of nitriles is 1. The van der Waals surface area contributed by atoms with E-state index in [1.54, 1.807) is 28.7 Å². The van der Waals surface area contributed by atoms with Crippen LogP contribution in [0.25, 0.3) is 0 Å². The molecule has 0 aliphatic rings. The van der Waals surface area contributed by atoms with E-state index in [1.807, 2.05) is 0 Å². The molecule has 0 saturated carbocycles. The molecule has 0 N–H and O–H groups in total. The van der Waals surface area contributed by atoms with Crippen molar-refractivity contribution < 1.29 is 27.4 Å². The number of hydrogen-bond acceptors (Lipinski definition) is 4. The van der Waals surface area contributed by atoms with Crippen LogP contribution in [0.1, 0.15) is 22.8 Å². The van der Waals surface area contributed by atoms with Gasteiger partial charge in [0.25, 0.3) is 0 Å². The number of rotatable bonds is 3. The monoisotopic (exact) mass is 385 g/mol. The Labute approximate surface area is 120 Å². The molecule has 0 amide bonds. The zero-order valence-electron chi connectivity index (χ0n) is 9.55. The second-order valence-electron chi connectivity index (χ2n) is 3.18. The summed E-state index contributed by atoms with van der Waals surface area (Å²) in [6.07, 6.45) is -4.96. The van der Waals surface area contributed by atoms with Crippen molar-refractivity contribution in [3.8, 4) is 11.8 Å². The average molecular weight is 385 g/mol. The third-order valence-corrected chi connectivity index (χ3v) is 2.78. The molecule has 8 heteroatoms. The number of carbonyl (C=O) groups excluding carboxylic acids is 1. The van der Waals surface area contributed by atoms with Gasteiger partial charge in [-0.15, -0.1) is 13.2 Å². The lowest BCUT2D eigenvalue weighted by atomic mass is 10.1. The molecule has 0 saturated heterocycles. The van der Waals surface area contributed by atoms with Gasteiger partial charge in [0, 0.05) is 0 Å². The van der Waals surface area contributed by atoms with E-state index in [1.165, 1.54) is 19.1 Å². The molecule has 1 aromatic carbocycles. The normalized spacial score (nSPS) is 10.7. The Kier molecular flexibility index (Phi) is 4.99. The van der Waals surface area contributed by atoms with Crippen LogP contribution in [0, 0.1) is 14.9 Å². The largest absolute Gasteiger partial charge is 0.573 e. The molecular weight excluding hydrogens is 378 g/mol. The van der Waals surface area contributed by atoms with Gasteiger partial charge < -0.3 is 9.47 Å². The summed E-state index contributed by atoms with van der Waals surface area (Å²) in [5.41, 5.74) is -0.758. The van der Waals surface area contributed by atoms with Crippen LogP contribution in [-0.2, 0) is 4.74 Å². The summed E-state index contributed by atoms with van der Waals surface area (Å²) in [7, 11) is 0. The number of alkyl halides is 3. The first-order chi connectivity index (χ1) is 8.80. The number of halogens is 4. The Balaban J connectivity index is 3.42. The highest BCUT2D eigenvalue weighted by atomic mass is 127. The Morgan fingerprint density at radius 3 is 2.58 bits per heavy atom. The van der Waals surface area contributed by atoms with Gasteiger partial charge in [-0.1, -0.05) is 0 Å². The molecule has 1 aromatic rings. The van der Waals surface area contributed by atoms with Gasteiger partial charge >= 0.3 is 12.3 Å². The lowest BCUT2D eigenvalue weighted by Gasteiger charge is -2.15. The van der Waals surface area contributed by atoms with Gasteiger partial charge in [-0.2, -0.15) is 5.26 Å². The highest BCUT2D eigenvalue weighted by molar-refractivity contribution is 14.1. The molecule has 0 heterocycles. The molecule has 0 unspecified atom stereocenters. The van der Waals surface area contributed by atoms with E-state index in [9.17, 15) is 18.0 Å². The maximum Gasteiger partial charge on any atom is 0.573 e. The van der Waals surface area contributed by atoms with Crippen LogP contribution < -0.4 is 4.74 Å². The van der Waals surface area contributed by atoms with Crippen molar-refractivity contribution in [2.45, 2.75) is 13.3 Å².